The van der Waals surface area contributed by atoms with Gasteiger partial charge in [0.15, 0.2) is 0 Å². The molecule has 0 amide bonds. The van der Waals surface area contributed by atoms with E-state index in [9.17, 15) is 0 Å². The van der Waals surface area contributed by atoms with E-state index < -0.39 is 0 Å². The number of hydrogen-bond acceptors (Lipinski definition) is 1. The van der Waals surface area contributed by atoms with Crippen LogP contribution < -0.4 is 4.74 Å². The molecule has 0 aliphatic carbocycles. The van der Waals surface area contributed by atoms with Crippen molar-refractivity contribution in [3.63, 3.8) is 0 Å². The highest BCUT2D eigenvalue weighted by molar-refractivity contribution is 9.10. The third-order valence-corrected chi connectivity index (χ3v) is 4.39. The molecule has 4 heteroatoms. The van der Waals surface area contributed by atoms with Crippen LogP contribution in [0.1, 0.15) is 22.1 Å². The first kappa shape index (κ1) is 14.7. The molecule has 0 aromatic heterocycles. The van der Waals surface area contributed by atoms with Crippen LogP contribution >= 0.6 is 39.1 Å². The molecule has 1 nitrogen and oxygen atoms in total. The highest BCUT2D eigenvalue weighted by Crippen LogP contribution is 2.38. The predicted octanol–water partition coefficient (Wildman–Crippen LogP) is 5.75. The zero-order valence-corrected chi connectivity index (χ0v) is 13.7. The van der Waals surface area contributed by atoms with E-state index in [0.29, 0.717) is 5.02 Å². The lowest BCUT2D eigenvalue weighted by Crippen LogP contribution is -1.96. The topological polar surface area (TPSA) is 9.23 Å². The summed E-state index contributed by atoms with van der Waals surface area (Å²) >= 11 is 16.3. The maximum absolute atomic E-state index is 6.53. The van der Waals surface area contributed by atoms with Crippen molar-refractivity contribution in [2.45, 2.75) is 12.3 Å². The maximum Gasteiger partial charge on any atom is 0.120 e. The lowest BCUT2D eigenvalue weighted by atomic mass is 10.0. The summed E-state index contributed by atoms with van der Waals surface area (Å²) in [4.78, 5) is 0. The van der Waals surface area contributed by atoms with Gasteiger partial charge in [0.05, 0.1) is 12.5 Å². The van der Waals surface area contributed by atoms with Gasteiger partial charge in [0.25, 0.3) is 0 Å². The lowest BCUT2D eigenvalue weighted by molar-refractivity contribution is 0.414. The SMILES string of the molecule is COc1ccc(C(Cl)c2ccc(C)cc2Cl)c(Br)c1. The molecule has 0 bridgehead atoms. The molecule has 0 N–H and O–H groups in total. The number of halogens is 3. The fraction of sp³-hybridized carbons (Fsp3) is 0.200. The Morgan fingerprint density at radius 3 is 2.37 bits per heavy atom. The Hall–Kier alpha value is -0.700. The summed E-state index contributed by atoms with van der Waals surface area (Å²) in [6.07, 6.45) is 0. The fourth-order valence-corrected chi connectivity index (χ4v) is 3.34. The average molecular weight is 360 g/mol. The molecule has 2 aromatic carbocycles. The Balaban J connectivity index is 2.41. The summed E-state index contributed by atoms with van der Waals surface area (Å²) in [7, 11) is 1.64. The van der Waals surface area contributed by atoms with Crippen LogP contribution in [0.5, 0.6) is 5.75 Å². The van der Waals surface area contributed by atoms with Gasteiger partial charge in [0.2, 0.25) is 0 Å². The van der Waals surface area contributed by atoms with Crippen molar-refractivity contribution in [3.05, 3.63) is 62.6 Å². The Labute approximate surface area is 131 Å². The maximum atomic E-state index is 6.53. The van der Waals surface area contributed by atoms with Crippen LogP contribution in [0, 0.1) is 6.92 Å². The van der Waals surface area contributed by atoms with Gasteiger partial charge in [-0.1, -0.05) is 45.7 Å². The molecular weight excluding hydrogens is 347 g/mol. The summed E-state index contributed by atoms with van der Waals surface area (Å²) in [5, 5.41) is 0.385. The Bertz CT molecular complexity index is 599. The van der Waals surface area contributed by atoms with Crippen molar-refractivity contribution in [1.82, 2.24) is 0 Å². The van der Waals surface area contributed by atoms with Crippen molar-refractivity contribution >= 4 is 39.1 Å². The molecule has 0 saturated carbocycles. The second-order valence-corrected chi connectivity index (χ2v) is 5.97. The van der Waals surface area contributed by atoms with Crippen LogP contribution in [0.2, 0.25) is 5.02 Å². The molecule has 0 fully saturated rings. The second-order valence-electron chi connectivity index (χ2n) is 4.27. The molecule has 0 radical (unpaired) electrons. The molecule has 1 unspecified atom stereocenters. The van der Waals surface area contributed by atoms with E-state index in [1.54, 1.807) is 7.11 Å². The average Bonchev–Trinajstić information content (AvgIpc) is 2.37. The van der Waals surface area contributed by atoms with E-state index in [4.69, 9.17) is 27.9 Å². The summed E-state index contributed by atoms with van der Waals surface area (Å²) in [6, 6.07) is 11.6. The standard InChI is InChI=1S/C15H13BrCl2O/c1-9-3-5-12(14(17)7-9)15(18)11-6-4-10(19-2)8-13(11)16/h3-8,15H,1-2H3. The van der Waals surface area contributed by atoms with E-state index in [2.05, 4.69) is 15.9 Å². The summed E-state index contributed by atoms with van der Waals surface area (Å²) in [6.45, 7) is 2.00. The molecule has 0 saturated heterocycles. The molecule has 100 valence electrons. The number of ether oxygens (including phenoxy) is 1. The highest BCUT2D eigenvalue weighted by atomic mass is 79.9. The van der Waals surface area contributed by atoms with Crippen molar-refractivity contribution in [2.24, 2.45) is 0 Å². The molecule has 0 spiro atoms. The third kappa shape index (κ3) is 3.25. The van der Waals surface area contributed by atoms with Crippen molar-refractivity contribution in [1.29, 1.82) is 0 Å². The third-order valence-electron chi connectivity index (χ3n) is 2.91. The van der Waals surface area contributed by atoms with Crippen LogP contribution in [-0.2, 0) is 0 Å². The molecule has 1 atom stereocenters. The Kier molecular flexibility index (Phi) is 4.77. The fourth-order valence-electron chi connectivity index (χ4n) is 1.85. The molecule has 0 aliphatic rings. The Morgan fingerprint density at radius 2 is 1.79 bits per heavy atom. The largest absolute Gasteiger partial charge is 0.497 e. The predicted molar refractivity (Wildman–Crippen MR) is 84.6 cm³/mol. The molecule has 0 heterocycles. The van der Waals surface area contributed by atoms with Gasteiger partial charge < -0.3 is 4.74 Å². The van der Waals surface area contributed by atoms with Crippen LogP contribution in [0.4, 0.5) is 0 Å². The normalized spacial score (nSPS) is 12.3. The highest BCUT2D eigenvalue weighted by Gasteiger charge is 2.17. The number of aryl methyl sites for hydroxylation is 1. The zero-order chi connectivity index (χ0) is 14.0. The first-order valence-electron chi connectivity index (χ1n) is 5.76. The van der Waals surface area contributed by atoms with E-state index in [1.165, 1.54) is 0 Å². The van der Waals surface area contributed by atoms with Crippen LogP contribution in [0.15, 0.2) is 40.9 Å². The number of alkyl halides is 1. The van der Waals surface area contributed by atoms with Gasteiger partial charge in [0, 0.05) is 9.50 Å². The Morgan fingerprint density at radius 1 is 1.11 bits per heavy atom. The minimum Gasteiger partial charge on any atom is -0.497 e. The first-order chi connectivity index (χ1) is 9.02. The number of rotatable bonds is 3. The van der Waals surface area contributed by atoms with Crippen molar-refractivity contribution in [2.75, 3.05) is 7.11 Å². The molecule has 0 aliphatic heterocycles. The molecular formula is C15H13BrCl2O. The number of hydrogen-bond donors (Lipinski definition) is 0. The number of methoxy groups -OCH3 is 1. The van der Waals surface area contributed by atoms with Gasteiger partial charge >= 0.3 is 0 Å². The van der Waals surface area contributed by atoms with Gasteiger partial charge in [-0.3, -0.25) is 0 Å². The lowest BCUT2D eigenvalue weighted by Gasteiger charge is -2.15. The second kappa shape index (κ2) is 6.17. The van der Waals surface area contributed by atoms with E-state index in [-0.39, 0.29) is 5.38 Å². The molecule has 2 aromatic rings. The van der Waals surface area contributed by atoms with Crippen LogP contribution in [0.25, 0.3) is 0 Å². The molecule has 19 heavy (non-hydrogen) atoms. The molecule has 2 rings (SSSR count). The minimum absolute atomic E-state index is 0.298. The van der Waals surface area contributed by atoms with Gasteiger partial charge in [0.1, 0.15) is 5.75 Å². The summed E-state index contributed by atoms with van der Waals surface area (Å²) < 4.78 is 6.08. The van der Waals surface area contributed by atoms with E-state index >= 15 is 0 Å². The van der Waals surface area contributed by atoms with Gasteiger partial charge in [-0.25, -0.2) is 0 Å². The zero-order valence-electron chi connectivity index (χ0n) is 10.6. The van der Waals surface area contributed by atoms with Crippen LogP contribution in [-0.4, -0.2) is 7.11 Å². The van der Waals surface area contributed by atoms with Gasteiger partial charge in [-0.2, -0.15) is 0 Å². The first-order valence-corrected chi connectivity index (χ1v) is 7.37. The van der Waals surface area contributed by atoms with Crippen molar-refractivity contribution in [3.8, 4) is 5.75 Å². The summed E-state index contributed by atoms with van der Waals surface area (Å²) in [5.74, 6) is 0.787. The van der Waals surface area contributed by atoms with Crippen molar-refractivity contribution < 1.29 is 4.74 Å². The number of benzene rings is 2. The summed E-state index contributed by atoms with van der Waals surface area (Å²) in [5.41, 5.74) is 2.99. The van der Waals surface area contributed by atoms with E-state index in [0.717, 1.165) is 26.9 Å². The quantitative estimate of drug-likeness (QED) is 0.634. The monoisotopic (exact) mass is 358 g/mol. The minimum atomic E-state index is -0.298. The van der Waals surface area contributed by atoms with Crippen LogP contribution in [0.3, 0.4) is 0 Å². The van der Waals surface area contributed by atoms with Gasteiger partial charge in [-0.15, -0.1) is 11.6 Å². The smallest absolute Gasteiger partial charge is 0.120 e. The van der Waals surface area contributed by atoms with E-state index in [1.807, 2.05) is 43.3 Å². The van der Waals surface area contributed by atoms with Gasteiger partial charge in [-0.05, 0) is 41.8 Å².